The van der Waals surface area contributed by atoms with E-state index in [4.69, 9.17) is 5.73 Å². The van der Waals surface area contributed by atoms with Gasteiger partial charge in [0.1, 0.15) is 0 Å². The number of carbonyl (C=O) groups is 2. The maximum absolute atomic E-state index is 9.86. The van der Waals surface area contributed by atoms with Gasteiger partial charge in [0.2, 0.25) is 0 Å². The molecule has 0 aliphatic carbocycles. The van der Waals surface area contributed by atoms with Crippen molar-refractivity contribution in [2.75, 3.05) is 0 Å². The molecule has 5 nitrogen and oxygen atoms in total. The van der Waals surface area contributed by atoms with E-state index >= 15 is 0 Å². The van der Waals surface area contributed by atoms with Crippen LogP contribution in [0.1, 0.15) is 12.8 Å². The zero-order valence-electron chi connectivity index (χ0n) is 5.91. The Balaban J connectivity index is 0. The third-order valence-electron chi connectivity index (χ3n) is 0.962. The smallest absolute Gasteiger partial charge is 0.550 e. The van der Waals surface area contributed by atoms with E-state index in [0.29, 0.717) is 0 Å². The van der Waals surface area contributed by atoms with Gasteiger partial charge in [0.05, 0.1) is 5.97 Å². The molecule has 0 unspecified atom stereocenters. The topological polar surface area (TPSA) is 106 Å². The van der Waals surface area contributed by atoms with Gasteiger partial charge >= 0.3 is 37.7 Å². The van der Waals surface area contributed by atoms with Crippen LogP contribution in [0.4, 0.5) is 0 Å². The van der Waals surface area contributed by atoms with E-state index in [1.807, 2.05) is 0 Å². The minimum Gasteiger partial charge on any atom is -0.550 e. The average Bonchev–Trinajstić information content (AvgIpc) is 1.82. The number of carboxylic acid groups (broad SMARTS) is 2. The Labute approximate surface area is 93.6 Å². The van der Waals surface area contributed by atoms with Crippen molar-refractivity contribution in [1.82, 2.24) is 0 Å². The van der Waals surface area contributed by atoms with Gasteiger partial charge in [0.25, 0.3) is 0 Å². The van der Waals surface area contributed by atoms with E-state index < -0.39 is 18.0 Å². The van der Waals surface area contributed by atoms with Gasteiger partial charge in [-0.3, -0.25) is 0 Å². The van der Waals surface area contributed by atoms with Gasteiger partial charge in [-0.1, -0.05) is 0 Å². The first-order chi connectivity index (χ1) is 4.54. The van der Waals surface area contributed by atoms with Crippen LogP contribution in [0, 0.1) is 0 Å². The molecule has 0 aromatic heterocycles. The number of aliphatic carboxylic acids is 2. The molecule has 0 amide bonds. The van der Waals surface area contributed by atoms with E-state index in [9.17, 15) is 19.8 Å². The summed E-state index contributed by atoms with van der Waals surface area (Å²) >= 11 is 0. The molecule has 0 bridgehead atoms. The summed E-state index contributed by atoms with van der Waals surface area (Å²) in [5.41, 5.74) is 4.91. The molecule has 0 radical (unpaired) electrons. The fraction of sp³-hybridized carbons (Fsp3) is 0.600. The zero-order valence-corrected chi connectivity index (χ0v) is 8.12. The molecule has 0 aromatic carbocycles. The molecule has 0 saturated carbocycles. The Morgan fingerprint density at radius 2 is 1.82 bits per heavy atom. The van der Waals surface area contributed by atoms with Crippen molar-refractivity contribution in [3.8, 4) is 0 Å². The first-order valence-electron chi connectivity index (χ1n) is 2.70. The summed E-state index contributed by atoms with van der Waals surface area (Å²) in [6, 6.07) is -1.21. The van der Waals surface area contributed by atoms with Gasteiger partial charge < -0.3 is 25.5 Å². The predicted octanol–water partition coefficient (Wildman–Crippen LogP) is -3.79. The summed E-state index contributed by atoms with van der Waals surface area (Å²) in [6.45, 7) is 0. The zero-order chi connectivity index (χ0) is 8.15. The third kappa shape index (κ3) is 8.06. The molecule has 0 aliphatic heterocycles. The number of hydrogen-bond acceptors (Lipinski definition) is 5. The van der Waals surface area contributed by atoms with Crippen LogP contribution < -0.4 is 15.9 Å². The van der Waals surface area contributed by atoms with Crippen molar-refractivity contribution in [2.24, 2.45) is 5.73 Å². The van der Waals surface area contributed by atoms with Crippen LogP contribution in [0.2, 0.25) is 0 Å². The van der Waals surface area contributed by atoms with Crippen LogP contribution in [-0.4, -0.2) is 55.7 Å². The minimum absolute atomic E-state index is 0. The molecule has 0 spiro atoms. The van der Waals surface area contributed by atoms with Gasteiger partial charge in [-0.25, -0.2) is 0 Å². The summed E-state index contributed by atoms with van der Waals surface area (Å²) < 4.78 is 0. The molecule has 6 heteroatoms. The summed E-state index contributed by atoms with van der Waals surface area (Å²) in [5, 5.41) is 19.6. The fourth-order valence-corrected chi connectivity index (χ4v) is 0.391. The maximum atomic E-state index is 9.86. The van der Waals surface area contributed by atoms with Crippen molar-refractivity contribution in [3.05, 3.63) is 0 Å². The first kappa shape index (κ1) is 13.7. The predicted molar refractivity (Wildman–Crippen MR) is 33.0 cm³/mol. The molecule has 58 valence electrons. The van der Waals surface area contributed by atoms with Crippen LogP contribution in [0.15, 0.2) is 0 Å². The van der Waals surface area contributed by atoms with Crippen molar-refractivity contribution >= 4 is 49.7 Å². The molecule has 11 heavy (non-hydrogen) atoms. The molecule has 0 aliphatic rings. The Morgan fingerprint density at radius 1 is 1.36 bits per heavy atom. The molecule has 0 aromatic rings. The molecule has 0 fully saturated rings. The first-order valence-corrected chi connectivity index (χ1v) is 2.70. The molecule has 0 heterocycles. The number of nitrogens with two attached hydrogens (primary N) is 1. The van der Waals surface area contributed by atoms with Gasteiger partial charge in [0, 0.05) is 12.0 Å². The van der Waals surface area contributed by atoms with Crippen LogP contribution in [-0.2, 0) is 9.59 Å². The molecule has 0 saturated heterocycles. The molecular weight excluding hydrogens is 178 g/mol. The average molecular weight is 185 g/mol. The van der Waals surface area contributed by atoms with Crippen LogP contribution >= 0.6 is 0 Å². The van der Waals surface area contributed by atoms with Gasteiger partial charge in [-0.05, 0) is 12.8 Å². The van der Waals surface area contributed by atoms with Crippen molar-refractivity contribution in [3.63, 3.8) is 0 Å². The SMILES string of the molecule is N[C@@H](CCC(=O)[O-])C(=O)[O-].[Ca+2]. The summed E-state index contributed by atoms with van der Waals surface area (Å²) in [5.74, 6) is -2.75. The molecule has 0 rings (SSSR count). The van der Waals surface area contributed by atoms with Crippen LogP contribution in [0.5, 0.6) is 0 Å². The normalized spacial score (nSPS) is 11.4. The monoisotopic (exact) mass is 185 g/mol. The van der Waals surface area contributed by atoms with Gasteiger partial charge in [-0.2, -0.15) is 0 Å². The van der Waals surface area contributed by atoms with Gasteiger partial charge in [0.15, 0.2) is 0 Å². The minimum atomic E-state index is -1.44. The van der Waals surface area contributed by atoms with Crippen LogP contribution in [0.25, 0.3) is 0 Å². The Morgan fingerprint density at radius 3 is 2.09 bits per heavy atom. The summed E-state index contributed by atoms with van der Waals surface area (Å²) in [6.07, 6.45) is -0.500. The van der Waals surface area contributed by atoms with E-state index in [2.05, 4.69) is 0 Å². The van der Waals surface area contributed by atoms with Crippen molar-refractivity contribution in [2.45, 2.75) is 18.9 Å². The largest absolute Gasteiger partial charge is 2.00 e. The van der Waals surface area contributed by atoms with E-state index in [1.165, 1.54) is 0 Å². The van der Waals surface area contributed by atoms with E-state index in [-0.39, 0.29) is 50.6 Å². The molecule has 1 atom stereocenters. The number of rotatable bonds is 4. The second-order valence-corrected chi connectivity index (χ2v) is 1.84. The summed E-state index contributed by atoms with van der Waals surface area (Å²) in [4.78, 5) is 19.6. The Bertz CT molecular complexity index is 149. The second-order valence-electron chi connectivity index (χ2n) is 1.84. The second kappa shape index (κ2) is 6.84. The van der Waals surface area contributed by atoms with Crippen molar-refractivity contribution in [1.29, 1.82) is 0 Å². The van der Waals surface area contributed by atoms with Crippen LogP contribution in [0.3, 0.4) is 0 Å². The molecular formula is C5H7CaNO4. The Kier molecular flexibility index (Phi) is 8.54. The number of carbonyl (C=O) groups excluding carboxylic acids is 2. The van der Waals surface area contributed by atoms with E-state index in [1.54, 1.807) is 0 Å². The molecule has 2 N–H and O–H groups in total. The van der Waals surface area contributed by atoms with Gasteiger partial charge in [-0.15, -0.1) is 0 Å². The standard InChI is InChI=1S/C5H9NO4.Ca/c6-3(5(9)10)1-2-4(7)8;/h3H,1-2,6H2,(H,7,8)(H,9,10);/q;+2/p-2/t3-;/m0./s1. The quantitative estimate of drug-likeness (QED) is 0.452. The van der Waals surface area contributed by atoms with E-state index in [0.717, 1.165) is 0 Å². The van der Waals surface area contributed by atoms with Crippen molar-refractivity contribution < 1.29 is 19.8 Å². The fourth-order valence-electron chi connectivity index (χ4n) is 0.391. The Hall–Kier alpha value is 0.160. The maximum Gasteiger partial charge on any atom is 2.00 e. The number of carboxylic acids is 2. The third-order valence-corrected chi connectivity index (χ3v) is 0.962. The summed E-state index contributed by atoms with van der Waals surface area (Å²) in [7, 11) is 0. The number of hydrogen-bond donors (Lipinski definition) is 1.